The topological polar surface area (TPSA) is 53.1 Å². The van der Waals surface area contributed by atoms with Gasteiger partial charge in [0, 0.05) is 50.8 Å². The molecule has 2 aliphatic heterocycles. The standard InChI is InChI=1S/C20H28ClN3O3/c1-27-20(26)17-5-7-24(8-6-17)19(25)15-23-11-9-22(10-12-23)14-16-3-2-4-18(21)13-16/h2-4,13,17H,5-12,14-15H2,1H3. The molecule has 0 unspecified atom stereocenters. The van der Waals surface area contributed by atoms with Crippen LogP contribution in [0, 0.1) is 5.92 Å². The molecule has 0 aromatic heterocycles. The summed E-state index contributed by atoms with van der Waals surface area (Å²) in [6.07, 6.45) is 1.40. The number of piperazine rings is 1. The molecule has 0 aliphatic carbocycles. The molecule has 3 rings (SSSR count). The van der Waals surface area contributed by atoms with Crippen LogP contribution >= 0.6 is 11.6 Å². The van der Waals surface area contributed by atoms with Gasteiger partial charge in [0.05, 0.1) is 19.6 Å². The van der Waals surface area contributed by atoms with Crippen molar-refractivity contribution in [3.63, 3.8) is 0 Å². The first kappa shape index (κ1) is 20.1. The average molecular weight is 394 g/mol. The molecule has 0 saturated carbocycles. The van der Waals surface area contributed by atoms with Gasteiger partial charge < -0.3 is 9.64 Å². The fourth-order valence-electron chi connectivity index (χ4n) is 3.82. The Hall–Kier alpha value is -1.63. The van der Waals surface area contributed by atoms with Crippen molar-refractivity contribution in [3.05, 3.63) is 34.9 Å². The van der Waals surface area contributed by atoms with Crippen LogP contribution in [-0.4, -0.2) is 79.5 Å². The van der Waals surface area contributed by atoms with Crippen molar-refractivity contribution in [2.24, 2.45) is 5.92 Å². The van der Waals surface area contributed by atoms with Crippen molar-refractivity contribution in [2.75, 3.05) is 52.9 Å². The van der Waals surface area contributed by atoms with Crippen LogP contribution in [0.1, 0.15) is 18.4 Å². The summed E-state index contributed by atoms with van der Waals surface area (Å²) in [5, 5.41) is 0.771. The number of esters is 1. The molecule has 2 fully saturated rings. The molecular weight excluding hydrogens is 366 g/mol. The summed E-state index contributed by atoms with van der Waals surface area (Å²) in [4.78, 5) is 30.7. The number of halogens is 1. The first-order chi connectivity index (χ1) is 13.0. The lowest BCUT2D eigenvalue weighted by atomic mass is 9.97. The van der Waals surface area contributed by atoms with Crippen molar-refractivity contribution in [2.45, 2.75) is 19.4 Å². The average Bonchev–Trinajstić information content (AvgIpc) is 2.69. The second-order valence-electron chi connectivity index (χ2n) is 7.36. The minimum Gasteiger partial charge on any atom is -0.469 e. The molecule has 2 saturated heterocycles. The number of piperidine rings is 1. The Balaban J connectivity index is 1.39. The van der Waals surface area contributed by atoms with Gasteiger partial charge in [-0.2, -0.15) is 0 Å². The van der Waals surface area contributed by atoms with Gasteiger partial charge in [-0.05, 0) is 30.5 Å². The third-order valence-corrected chi connectivity index (χ3v) is 5.74. The van der Waals surface area contributed by atoms with E-state index in [1.165, 1.54) is 12.7 Å². The van der Waals surface area contributed by atoms with Gasteiger partial charge in [-0.1, -0.05) is 23.7 Å². The first-order valence-electron chi connectivity index (χ1n) is 9.60. The van der Waals surface area contributed by atoms with Crippen LogP contribution < -0.4 is 0 Å². The third-order valence-electron chi connectivity index (χ3n) is 5.50. The van der Waals surface area contributed by atoms with E-state index in [-0.39, 0.29) is 17.8 Å². The zero-order valence-electron chi connectivity index (χ0n) is 15.9. The van der Waals surface area contributed by atoms with Crippen LogP contribution in [0.3, 0.4) is 0 Å². The Morgan fingerprint density at radius 1 is 1.07 bits per heavy atom. The number of ether oxygens (including phenoxy) is 1. The molecule has 2 aliphatic rings. The van der Waals surface area contributed by atoms with Gasteiger partial charge in [-0.3, -0.25) is 19.4 Å². The predicted octanol–water partition coefficient (Wildman–Crippen LogP) is 1.87. The highest BCUT2D eigenvalue weighted by molar-refractivity contribution is 6.30. The summed E-state index contributed by atoms with van der Waals surface area (Å²) in [7, 11) is 1.42. The number of rotatable bonds is 5. The van der Waals surface area contributed by atoms with Crippen LogP contribution in [0.5, 0.6) is 0 Å². The highest BCUT2D eigenvalue weighted by Crippen LogP contribution is 2.19. The van der Waals surface area contributed by atoms with Gasteiger partial charge in [0.1, 0.15) is 0 Å². The van der Waals surface area contributed by atoms with Gasteiger partial charge in [-0.25, -0.2) is 0 Å². The van der Waals surface area contributed by atoms with Crippen molar-refractivity contribution in [1.29, 1.82) is 0 Å². The van der Waals surface area contributed by atoms with Crippen LogP contribution in [0.4, 0.5) is 0 Å². The number of amides is 1. The number of hydrogen-bond acceptors (Lipinski definition) is 5. The lowest BCUT2D eigenvalue weighted by Crippen LogP contribution is -2.51. The van der Waals surface area contributed by atoms with Crippen molar-refractivity contribution >= 4 is 23.5 Å². The fourth-order valence-corrected chi connectivity index (χ4v) is 4.03. The molecule has 0 N–H and O–H groups in total. The molecule has 0 radical (unpaired) electrons. The number of methoxy groups -OCH3 is 1. The zero-order valence-corrected chi connectivity index (χ0v) is 16.7. The van der Waals surface area contributed by atoms with Crippen molar-refractivity contribution in [1.82, 2.24) is 14.7 Å². The van der Waals surface area contributed by atoms with Crippen LogP contribution in [0.2, 0.25) is 5.02 Å². The van der Waals surface area contributed by atoms with Gasteiger partial charge >= 0.3 is 5.97 Å². The van der Waals surface area contributed by atoms with E-state index >= 15 is 0 Å². The van der Waals surface area contributed by atoms with Gasteiger partial charge in [0.15, 0.2) is 0 Å². The molecular formula is C20H28ClN3O3. The summed E-state index contributed by atoms with van der Waals surface area (Å²) < 4.78 is 4.80. The molecule has 0 atom stereocenters. The minimum absolute atomic E-state index is 0.0610. The first-order valence-corrected chi connectivity index (χ1v) is 9.97. The lowest BCUT2D eigenvalue weighted by molar-refractivity contribution is -0.149. The quantitative estimate of drug-likeness (QED) is 0.715. The van der Waals surface area contributed by atoms with Crippen LogP contribution in [0.25, 0.3) is 0 Å². The third kappa shape index (κ3) is 5.67. The molecule has 1 aromatic rings. The monoisotopic (exact) mass is 393 g/mol. The maximum atomic E-state index is 12.6. The lowest BCUT2D eigenvalue weighted by Gasteiger charge is -2.36. The summed E-state index contributed by atoms with van der Waals surface area (Å²) in [5.74, 6) is -0.0476. The molecule has 148 valence electrons. The number of nitrogens with zero attached hydrogens (tertiary/aromatic N) is 3. The van der Waals surface area contributed by atoms with Crippen LogP contribution in [-0.2, 0) is 20.9 Å². The van der Waals surface area contributed by atoms with Gasteiger partial charge in [0.25, 0.3) is 0 Å². The largest absolute Gasteiger partial charge is 0.469 e. The second kappa shape index (κ2) is 9.53. The maximum Gasteiger partial charge on any atom is 0.308 e. The van der Waals surface area contributed by atoms with Crippen molar-refractivity contribution < 1.29 is 14.3 Å². The van der Waals surface area contributed by atoms with Gasteiger partial charge in [-0.15, -0.1) is 0 Å². The SMILES string of the molecule is COC(=O)C1CCN(C(=O)CN2CCN(Cc3cccc(Cl)c3)CC2)CC1. The molecule has 0 spiro atoms. The predicted molar refractivity (Wildman–Crippen MR) is 104 cm³/mol. The van der Waals surface area contributed by atoms with Crippen LogP contribution in [0.15, 0.2) is 24.3 Å². The molecule has 1 aromatic carbocycles. The van der Waals surface area contributed by atoms with Gasteiger partial charge in [0.2, 0.25) is 5.91 Å². The highest BCUT2D eigenvalue weighted by Gasteiger charge is 2.29. The fraction of sp³-hybridized carbons (Fsp3) is 0.600. The number of carbonyl (C=O) groups excluding carboxylic acids is 2. The number of likely N-dealkylation sites (tertiary alicyclic amines) is 1. The van der Waals surface area contributed by atoms with E-state index in [9.17, 15) is 9.59 Å². The Kier molecular flexibility index (Phi) is 7.10. The Morgan fingerprint density at radius 2 is 1.74 bits per heavy atom. The Bertz CT molecular complexity index is 654. The van der Waals surface area contributed by atoms with E-state index in [2.05, 4.69) is 15.9 Å². The van der Waals surface area contributed by atoms with E-state index in [1.54, 1.807) is 0 Å². The second-order valence-corrected chi connectivity index (χ2v) is 7.80. The molecule has 6 nitrogen and oxygen atoms in total. The Labute approximate surface area is 166 Å². The smallest absolute Gasteiger partial charge is 0.308 e. The number of hydrogen-bond donors (Lipinski definition) is 0. The van der Waals surface area contributed by atoms with E-state index in [1.807, 2.05) is 23.1 Å². The molecule has 2 heterocycles. The van der Waals surface area contributed by atoms with E-state index in [0.717, 1.165) is 37.7 Å². The van der Waals surface area contributed by atoms with E-state index < -0.39 is 0 Å². The number of carbonyl (C=O) groups is 2. The summed E-state index contributed by atoms with van der Waals surface area (Å²) in [5.41, 5.74) is 1.22. The normalized spacial score (nSPS) is 19.9. The highest BCUT2D eigenvalue weighted by atomic mass is 35.5. The summed E-state index contributed by atoms with van der Waals surface area (Å²) in [6, 6.07) is 7.98. The molecule has 1 amide bonds. The number of benzene rings is 1. The minimum atomic E-state index is -0.155. The molecule has 7 heteroatoms. The maximum absolute atomic E-state index is 12.6. The summed E-state index contributed by atoms with van der Waals surface area (Å²) >= 11 is 6.06. The van der Waals surface area contributed by atoms with E-state index in [4.69, 9.17) is 16.3 Å². The van der Waals surface area contributed by atoms with Crippen molar-refractivity contribution in [3.8, 4) is 0 Å². The Morgan fingerprint density at radius 3 is 2.37 bits per heavy atom. The summed E-state index contributed by atoms with van der Waals surface area (Å²) in [6.45, 7) is 6.34. The molecule has 27 heavy (non-hydrogen) atoms. The zero-order chi connectivity index (χ0) is 19.2. The van der Waals surface area contributed by atoms with E-state index in [0.29, 0.717) is 32.5 Å². The molecule has 0 bridgehead atoms.